The van der Waals surface area contributed by atoms with E-state index in [1.807, 2.05) is 20.8 Å². The van der Waals surface area contributed by atoms with Crippen molar-refractivity contribution in [3.63, 3.8) is 0 Å². The summed E-state index contributed by atoms with van der Waals surface area (Å²) in [7, 11) is -1.79. The van der Waals surface area contributed by atoms with Gasteiger partial charge in [-0.3, -0.25) is 4.90 Å². The quantitative estimate of drug-likeness (QED) is 0.529. The number of imidazole rings is 1. The fourth-order valence-electron chi connectivity index (χ4n) is 2.56. The van der Waals surface area contributed by atoms with Crippen LogP contribution in [0.25, 0.3) is 0 Å². The lowest BCUT2D eigenvalue weighted by molar-refractivity contribution is 0.181. The second kappa shape index (κ2) is 10.1. The Labute approximate surface area is 152 Å². The highest BCUT2D eigenvalue weighted by atomic mass is 32.2. The van der Waals surface area contributed by atoms with Gasteiger partial charge in [-0.25, -0.2) is 13.4 Å². The molecular weight excluding hydrogens is 338 g/mol. The van der Waals surface area contributed by atoms with Crippen LogP contribution in [0.5, 0.6) is 0 Å². The van der Waals surface area contributed by atoms with Gasteiger partial charge >= 0.3 is 0 Å². The van der Waals surface area contributed by atoms with Gasteiger partial charge in [0.1, 0.15) is 0 Å². The zero-order valence-electron chi connectivity index (χ0n) is 16.3. The Balaban J connectivity index is 3.10. The lowest BCUT2D eigenvalue weighted by Crippen LogP contribution is -2.27. The Bertz CT molecular complexity index is 651. The molecule has 0 atom stereocenters. The van der Waals surface area contributed by atoms with Crippen molar-refractivity contribution in [1.29, 1.82) is 0 Å². The summed E-state index contributed by atoms with van der Waals surface area (Å²) in [5.74, 6) is 0.458. The first-order chi connectivity index (χ1) is 11.7. The van der Waals surface area contributed by atoms with Gasteiger partial charge in [0, 0.05) is 26.7 Å². The van der Waals surface area contributed by atoms with Crippen LogP contribution >= 0.6 is 0 Å². The van der Waals surface area contributed by atoms with E-state index in [0.717, 1.165) is 24.4 Å². The number of methoxy groups -OCH3 is 1. The molecule has 1 aromatic rings. The lowest BCUT2D eigenvalue weighted by Gasteiger charge is -2.21. The summed E-state index contributed by atoms with van der Waals surface area (Å²) in [4.78, 5) is 6.47. The summed E-state index contributed by atoms with van der Waals surface area (Å²) in [6, 6.07) is 0. The third-order valence-corrected chi connectivity index (χ3v) is 5.64. The molecule has 0 fully saturated rings. The summed E-state index contributed by atoms with van der Waals surface area (Å²) in [5.41, 5.74) is 1.97. The molecule has 0 saturated carbocycles. The Hall–Kier alpha value is -1.18. The number of rotatable bonds is 12. The van der Waals surface area contributed by atoms with Gasteiger partial charge in [-0.2, -0.15) is 0 Å². The normalized spacial score (nSPS) is 12.3. The zero-order valence-corrected chi connectivity index (χ0v) is 17.1. The Morgan fingerprint density at radius 3 is 2.64 bits per heavy atom. The lowest BCUT2D eigenvalue weighted by atomic mass is 10.2. The Morgan fingerprint density at radius 1 is 1.44 bits per heavy atom. The monoisotopic (exact) mass is 371 g/mol. The maximum absolute atomic E-state index is 12.7. The molecule has 0 spiro atoms. The number of sulfone groups is 1. The van der Waals surface area contributed by atoms with Crippen LogP contribution in [-0.2, 0) is 27.7 Å². The van der Waals surface area contributed by atoms with Crippen molar-refractivity contribution in [2.45, 2.75) is 52.4 Å². The maximum Gasteiger partial charge on any atom is 0.227 e. The second-order valence-electron chi connectivity index (χ2n) is 6.94. The van der Waals surface area contributed by atoms with E-state index in [4.69, 9.17) is 4.74 Å². The standard InChI is InChI=1S/C18H33N3O3S/c1-7-20(13-16(4)5)14-17-12-19-18(21(17)9-10-24-6)25(22,23)11-8-15(2)3/h12,15H,4,7-11,13-14H2,1-3,5-6H3. The van der Waals surface area contributed by atoms with Crippen LogP contribution in [0, 0.1) is 5.92 Å². The number of aromatic nitrogens is 2. The molecule has 0 aromatic carbocycles. The molecule has 0 bridgehead atoms. The molecular formula is C18H33N3O3S. The van der Waals surface area contributed by atoms with E-state index in [0.29, 0.717) is 32.0 Å². The second-order valence-corrected chi connectivity index (χ2v) is 8.94. The van der Waals surface area contributed by atoms with Crippen LogP contribution in [0.15, 0.2) is 23.5 Å². The third kappa shape index (κ3) is 6.92. The molecule has 0 unspecified atom stereocenters. The van der Waals surface area contributed by atoms with E-state index >= 15 is 0 Å². The van der Waals surface area contributed by atoms with Crippen molar-refractivity contribution in [1.82, 2.24) is 14.5 Å². The number of nitrogens with zero attached hydrogens (tertiary/aromatic N) is 3. The molecule has 0 amide bonds. The van der Waals surface area contributed by atoms with Gasteiger partial charge in [0.05, 0.1) is 24.3 Å². The van der Waals surface area contributed by atoms with Gasteiger partial charge in [0.2, 0.25) is 15.0 Å². The average molecular weight is 372 g/mol. The minimum Gasteiger partial charge on any atom is -0.383 e. The smallest absolute Gasteiger partial charge is 0.227 e. The van der Waals surface area contributed by atoms with E-state index in [1.165, 1.54) is 0 Å². The zero-order chi connectivity index (χ0) is 19.0. The van der Waals surface area contributed by atoms with Crippen LogP contribution in [0.1, 0.15) is 39.8 Å². The highest BCUT2D eigenvalue weighted by Gasteiger charge is 2.24. The van der Waals surface area contributed by atoms with E-state index < -0.39 is 9.84 Å². The summed E-state index contributed by atoms with van der Waals surface area (Å²) in [6.07, 6.45) is 2.31. The SMILES string of the molecule is C=C(C)CN(CC)Cc1cnc(S(=O)(=O)CCC(C)C)n1CCOC. The van der Waals surface area contributed by atoms with Gasteiger partial charge in [-0.15, -0.1) is 0 Å². The Morgan fingerprint density at radius 2 is 2.12 bits per heavy atom. The number of hydrogen-bond acceptors (Lipinski definition) is 5. The van der Waals surface area contributed by atoms with E-state index in [-0.39, 0.29) is 10.9 Å². The summed E-state index contributed by atoms with van der Waals surface area (Å²) in [5, 5.41) is 0.159. The van der Waals surface area contributed by atoms with Crippen LogP contribution < -0.4 is 0 Å². The summed E-state index contributed by atoms with van der Waals surface area (Å²) < 4.78 is 32.4. The van der Waals surface area contributed by atoms with Crippen molar-refractivity contribution >= 4 is 9.84 Å². The van der Waals surface area contributed by atoms with Gasteiger partial charge in [0.25, 0.3) is 0 Å². The molecule has 7 heteroatoms. The average Bonchev–Trinajstić information content (AvgIpc) is 2.93. The number of hydrogen-bond donors (Lipinski definition) is 0. The molecule has 144 valence electrons. The molecule has 1 rings (SSSR count). The predicted octanol–water partition coefficient (Wildman–Crippen LogP) is 2.75. The fraction of sp³-hybridized carbons (Fsp3) is 0.722. The fourth-order valence-corrected chi connectivity index (χ4v) is 4.28. The summed E-state index contributed by atoms with van der Waals surface area (Å²) in [6.45, 7) is 15.3. The van der Waals surface area contributed by atoms with Gasteiger partial charge in [-0.05, 0) is 25.8 Å². The van der Waals surface area contributed by atoms with Crippen LogP contribution in [-0.4, -0.2) is 55.4 Å². The first-order valence-electron chi connectivity index (χ1n) is 8.84. The van der Waals surface area contributed by atoms with Crippen LogP contribution in [0.2, 0.25) is 0 Å². The minimum absolute atomic E-state index is 0.122. The maximum atomic E-state index is 12.7. The van der Waals surface area contributed by atoms with Crippen LogP contribution in [0.3, 0.4) is 0 Å². The topological polar surface area (TPSA) is 64.4 Å². The first kappa shape index (κ1) is 21.9. The Kier molecular flexibility index (Phi) is 8.82. The largest absolute Gasteiger partial charge is 0.383 e. The van der Waals surface area contributed by atoms with E-state index in [1.54, 1.807) is 17.9 Å². The van der Waals surface area contributed by atoms with Crippen molar-refractivity contribution in [3.05, 3.63) is 24.0 Å². The molecule has 0 N–H and O–H groups in total. The van der Waals surface area contributed by atoms with Crippen molar-refractivity contribution in [2.24, 2.45) is 5.92 Å². The summed E-state index contributed by atoms with van der Waals surface area (Å²) >= 11 is 0. The highest BCUT2D eigenvalue weighted by molar-refractivity contribution is 7.91. The molecule has 0 saturated heterocycles. The highest BCUT2D eigenvalue weighted by Crippen LogP contribution is 2.17. The van der Waals surface area contributed by atoms with Crippen molar-refractivity contribution in [2.75, 3.05) is 32.6 Å². The minimum atomic E-state index is -3.40. The van der Waals surface area contributed by atoms with Gasteiger partial charge < -0.3 is 9.30 Å². The number of likely N-dealkylation sites (N-methyl/N-ethyl adjacent to an activating group) is 1. The van der Waals surface area contributed by atoms with E-state index in [9.17, 15) is 8.42 Å². The molecule has 1 aromatic heterocycles. The van der Waals surface area contributed by atoms with Gasteiger partial charge in [-0.1, -0.05) is 32.9 Å². The van der Waals surface area contributed by atoms with Crippen molar-refractivity contribution < 1.29 is 13.2 Å². The molecule has 0 aliphatic carbocycles. The first-order valence-corrected chi connectivity index (χ1v) is 10.5. The molecule has 0 aliphatic heterocycles. The van der Waals surface area contributed by atoms with Gasteiger partial charge in [0.15, 0.2) is 0 Å². The third-order valence-electron chi connectivity index (χ3n) is 3.99. The molecule has 0 radical (unpaired) electrons. The molecule has 0 aliphatic rings. The van der Waals surface area contributed by atoms with Crippen LogP contribution in [0.4, 0.5) is 0 Å². The molecule has 25 heavy (non-hydrogen) atoms. The van der Waals surface area contributed by atoms with Crippen molar-refractivity contribution in [3.8, 4) is 0 Å². The van der Waals surface area contributed by atoms with E-state index in [2.05, 4.69) is 23.4 Å². The number of ether oxygens (including phenoxy) is 1. The predicted molar refractivity (Wildman–Crippen MR) is 101 cm³/mol. The molecule has 6 nitrogen and oxygen atoms in total. The molecule has 1 heterocycles.